The van der Waals surface area contributed by atoms with Crippen molar-refractivity contribution < 1.29 is 14.6 Å². The smallest absolute Gasteiger partial charge is 0.157 e. The van der Waals surface area contributed by atoms with Gasteiger partial charge in [-0.2, -0.15) is 0 Å². The zero-order valence-electron chi connectivity index (χ0n) is 13.0. The molecule has 1 N–H and O–H groups in total. The van der Waals surface area contributed by atoms with Gasteiger partial charge in [-0.25, -0.2) is 0 Å². The van der Waals surface area contributed by atoms with Crippen molar-refractivity contribution in [1.29, 1.82) is 0 Å². The second-order valence-electron chi connectivity index (χ2n) is 7.30. The van der Waals surface area contributed by atoms with Crippen molar-refractivity contribution in [1.82, 2.24) is 0 Å². The first-order valence-corrected chi connectivity index (χ1v) is 8.58. The summed E-state index contributed by atoms with van der Waals surface area (Å²) in [5, 5.41) is 10.5. The molecule has 116 valence electrons. The third-order valence-corrected chi connectivity index (χ3v) is 6.28. The van der Waals surface area contributed by atoms with E-state index in [4.69, 9.17) is 9.47 Å². The van der Waals surface area contributed by atoms with Crippen LogP contribution in [0.15, 0.2) is 0 Å². The highest BCUT2D eigenvalue weighted by molar-refractivity contribution is 4.99. The van der Waals surface area contributed by atoms with Crippen molar-refractivity contribution in [3.8, 4) is 0 Å². The molecule has 20 heavy (non-hydrogen) atoms. The molecule has 0 radical (unpaired) electrons. The number of ether oxygens (including phenoxy) is 2. The van der Waals surface area contributed by atoms with Gasteiger partial charge in [0.15, 0.2) is 6.29 Å². The Kier molecular flexibility index (Phi) is 4.68. The number of fused-ring (bicyclic) bond motifs is 2. The van der Waals surface area contributed by atoms with Crippen LogP contribution < -0.4 is 0 Å². The average molecular weight is 282 g/mol. The molecular formula is C17H30O3. The van der Waals surface area contributed by atoms with E-state index in [1.54, 1.807) is 0 Å². The van der Waals surface area contributed by atoms with Gasteiger partial charge in [-0.1, -0.05) is 13.8 Å². The van der Waals surface area contributed by atoms with Crippen LogP contribution in [0.1, 0.15) is 52.4 Å². The quantitative estimate of drug-likeness (QED) is 0.841. The predicted molar refractivity (Wildman–Crippen MR) is 78.2 cm³/mol. The maximum absolute atomic E-state index is 10.5. The van der Waals surface area contributed by atoms with Gasteiger partial charge < -0.3 is 14.6 Å². The summed E-state index contributed by atoms with van der Waals surface area (Å²) in [5.74, 6) is 3.87. The molecule has 3 rings (SSSR count). The van der Waals surface area contributed by atoms with E-state index in [2.05, 4.69) is 13.8 Å². The summed E-state index contributed by atoms with van der Waals surface area (Å²) in [7, 11) is 0. The zero-order valence-corrected chi connectivity index (χ0v) is 13.0. The standard InChI is InChI=1S/C17H30O3/c1-11-12(2)14-9-13(11)10-15(14)16(18)5-3-6-17-19-7-4-8-20-17/h11-18H,3-10H2,1-2H3. The van der Waals surface area contributed by atoms with E-state index in [1.165, 1.54) is 12.8 Å². The fourth-order valence-corrected chi connectivity index (χ4v) is 4.85. The Morgan fingerprint density at radius 3 is 2.50 bits per heavy atom. The van der Waals surface area contributed by atoms with E-state index < -0.39 is 0 Å². The second kappa shape index (κ2) is 6.33. The zero-order chi connectivity index (χ0) is 14.1. The Hall–Kier alpha value is -0.120. The Bertz CT molecular complexity index is 311. The maximum Gasteiger partial charge on any atom is 0.157 e. The summed E-state index contributed by atoms with van der Waals surface area (Å²) in [6.45, 7) is 6.44. The second-order valence-corrected chi connectivity index (χ2v) is 7.30. The summed E-state index contributed by atoms with van der Waals surface area (Å²) < 4.78 is 11.1. The fourth-order valence-electron chi connectivity index (χ4n) is 4.85. The van der Waals surface area contributed by atoms with Crippen LogP contribution in [0.5, 0.6) is 0 Å². The SMILES string of the molecule is CC1C2CC(C(O)CCCC3OCCCO3)C(C2)C1C. The monoisotopic (exact) mass is 282 g/mol. The predicted octanol–water partition coefficient (Wildman–Crippen LogP) is 3.21. The van der Waals surface area contributed by atoms with Crippen LogP contribution >= 0.6 is 0 Å². The van der Waals surface area contributed by atoms with Gasteiger partial charge in [-0.05, 0) is 68.1 Å². The molecule has 2 aliphatic carbocycles. The largest absolute Gasteiger partial charge is 0.393 e. The summed E-state index contributed by atoms with van der Waals surface area (Å²) in [6, 6.07) is 0. The average Bonchev–Trinajstić information content (AvgIpc) is 3.01. The molecule has 0 aromatic carbocycles. The van der Waals surface area contributed by atoms with Crippen LogP contribution in [0.4, 0.5) is 0 Å². The number of hydrogen-bond donors (Lipinski definition) is 1. The molecule has 3 nitrogen and oxygen atoms in total. The topological polar surface area (TPSA) is 38.7 Å². The van der Waals surface area contributed by atoms with E-state index in [-0.39, 0.29) is 12.4 Å². The summed E-state index contributed by atoms with van der Waals surface area (Å²) in [4.78, 5) is 0. The minimum Gasteiger partial charge on any atom is -0.393 e. The molecule has 3 fully saturated rings. The van der Waals surface area contributed by atoms with Crippen molar-refractivity contribution in [2.45, 2.75) is 64.8 Å². The van der Waals surface area contributed by atoms with Gasteiger partial charge in [0.2, 0.25) is 0 Å². The van der Waals surface area contributed by atoms with Crippen LogP contribution in [0, 0.1) is 29.6 Å². The van der Waals surface area contributed by atoms with Gasteiger partial charge >= 0.3 is 0 Å². The van der Waals surface area contributed by atoms with Crippen LogP contribution in [0.3, 0.4) is 0 Å². The van der Waals surface area contributed by atoms with Crippen molar-refractivity contribution >= 4 is 0 Å². The molecule has 0 aromatic heterocycles. The van der Waals surface area contributed by atoms with Gasteiger partial charge in [-0.15, -0.1) is 0 Å². The number of rotatable bonds is 5. The molecule has 1 saturated heterocycles. The molecule has 3 aliphatic rings. The van der Waals surface area contributed by atoms with Crippen LogP contribution in [0.2, 0.25) is 0 Å². The highest BCUT2D eigenvalue weighted by atomic mass is 16.7. The molecule has 3 heteroatoms. The molecule has 0 aromatic rings. The van der Waals surface area contributed by atoms with Crippen molar-refractivity contribution in [2.24, 2.45) is 29.6 Å². The van der Waals surface area contributed by atoms with Crippen LogP contribution in [-0.4, -0.2) is 30.7 Å². The van der Waals surface area contributed by atoms with Gasteiger partial charge in [-0.3, -0.25) is 0 Å². The highest BCUT2D eigenvalue weighted by Crippen LogP contribution is 2.56. The first kappa shape index (κ1) is 14.8. The molecule has 2 saturated carbocycles. The third kappa shape index (κ3) is 2.90. The summed E-state index contributed by atoms with van der Waals surface area (Å²) >= 11 is 0. The highest BCUT2D eigenvalue weighted by Gasteiger charge is 2.50. The van der Waals surface area contributed by atoms with E-state index in [0.717, 1.165) is 62.6 Å². The van der Waals surface area contributed by atoms with E-state index in [0.29, 0.717) is 5.92 Å². The van der Waals surface area contributed by atoms with Gasteiger partial charge in [0.1, 0.15) is 0 Å². The number of aliphatic hydroxyl groups is 1. The van der Waals surface area contributed by atoms with Crippen molar-refractivity contribution in [3.63, 3.8) is 0 Å². The normalized spacial score (nSPS) is 43.0. The van der Waals surface area contributed by atoms with Gasteiger partial charge in [0, 0.05) is 0 Å². The van der Waals surface area contributed by atoms with E-state index in [9.17, 15) is 5.11 Å². The molecule has 0 spiro atoms. The Balaban J connectivity index is 1.40. The molecule has 1 heterocycles. The van der Waals surface area contributed by atoms with Crippen LogP contribution in [-0.2, 0) is 9.47 Å². The van der Waals surface area contributed by atoms with Gasteiger partial charge in [0.25, 0.3) is 0 Å². The number of hydrogen-bond acceptors (Lipinski definition) is 3. The molecule has 0 amide bonds. The Morgan fingerprint density at radius 2 is 1.85 bits per heavy atom. The lowest BCUT2D eigenvalue weighted by Gasteiger charge is -2.34. The molecule has 2 bridgehead atoms. The maximum atomic E-state index is 10.5. The van der Waals surface area contributed by atoms with Crippen molar-refractivity contribution in [2.75, 3.05) is 13.2 Å². The molecular weight excluding hydrogens is 252 g/mol. The number of aliphatic hydroxyl groups excluding tert-OH is 1. The lowest BCUT2D eigenvalue weighted by Crippen LogP contribution is -2.32. The Morgan fingerprint density at radius 1 is 1.10 bits per heavy atom. The first-order chi connectivity index (χ1) is 9.66. The summed E-state index contributed by atoms with van der Waals surface area (Å²) in [5.41, 5.74) is 0. The van der Waals surface area contributed by atoms with Gasteiger partial charge in [0.05, 0.1) is 19.3 Å². The Labute approximate surface area is 123 Å². The van der Waals surface area contributed by atoms with Crippen molar-refractivity contribution in [3.05, 3.63) is 0 Å². The first-order valence-electron chi connectivity index (χ1n) is 8.58. The minimum absolute atomic E-state index is 0.0186. The molecule has 6 unspecified atom stereocenters. The molecule has 1 aliphatic heterocycles. The van der Waals surface area contributed by atoms with E-state index >= 15 is 0 Å². The van der Waals surface area contributed by atoms with E-state index in [1.807, 2.05) is 0 Å². The third-order valence-electron chi connectivity index (χ3n) is 6.28. The lowest BCUT2D eigenvalue weighted by molar-refractivity contribution is -0.182. The summed E-state index contributed by atoms with van der Waals surface area (Å²) in [6.07, 6.45) is 6.37. The fraction of sp³-hybridized carbons (Fsp3) is 1.00. The minimum atomic E-state index is -0.108. The van der Waals surface area contributed by atoms with Crippen LogP contribution in [0.25, 0.3) is 0 Å². The molecule has 6 atom stereocenters. The lowest BCUT2D eigenvalue weighted by atomic mass is 9.73.